The fraction of sp³-hybridized carbons (Fsp3) is 1.00. The summed E-state index contributed by atoms with van der Waals surface area (Å²) in [5.41, 5.74) is 0. The summed E-state index contributed by atoms with van der Waals surface area (Å²) in [6.07, 6.45) is 0. The Balaban J connectivity index is 2.77. The van der Waals surface area contributed by atoms with E-state index in [1.165, 1.54) is 0 Å². The van der Waals surface area contributed by atoms with Crippen LogP contribution in [0.3, 0.4) is 0 Å². The van der Waals surface area contributed by atoms with Crippen LogP contribution in [0.5, 0.6) is 0 Å². The van der Waals surface area contributed by atoms with Crippen molar-refractivity contribution in [1.82, 2.24) is 0 Å². The summed E-state index contributed by atoms with van der Waals surface area (Å²) in [6, 6.07) is 0. The lowest BCUT2D eigenvalue weighted by molar-refractivity contribution is 0.599. The molecular formula is C5H9ClO2S. The number of halogens is 1. The molecule has 0 bridgehead atoms. The fourth-order valence-corrected chi connectivity index (χ4v) is 3.73. The van der Waals surface area contributed by atoms with Gasteiger partial charge in [0, 0.05) is 0 Å². The van der Waals surface area contributed by atoms with Crippen molar-refractivity contribution in [3.63, 3.8) is 0 Å². The first-order chi connectivity index (χ1) is 4.01. The molecule has 1 unspecified atom stereocenters. The molecule has 0 saturated carbocycles. The average Bonchev–Trinajstić information content (AvgIpc) is 1.79. The predicted octanol–water partition coefficient (Wildman–Crippen LogP) is 0.658. The zero-order valence-corrected chi connectivity index (χ0v) is 6.74. The molecule has 0 aromatic carbocycles. The standard InChI is InChI=1S/C5H9ClO2S/c1-4-2-9(7,8)3-5(4)6/h4-5H,2-3H2,1H3/t4?,5-/m1/s1. The molecule has 0 aromatic heterocycles. The zero-order valence-electron chi connectivity index (χ0n) is 5.17. The molecular weight excluding hydrogens is 160 g/mol. The molecule has 0 amide bonds. The van der Waals surface area contributed by atoms with Crippen molar-refractivity contribution in [2.45, 2.75) is 12.3 Å². The molecule has 4 heteroatoms. The molecule has 54 valence electrons. The van der Waals surface area contributed by atoms with Crippen LogP contribution in [0.1, 0.15) is 6.92 Å². The summed E-state index contributed by atoms with van der Waals surface area (Å²) in [4.78, 5) is 0. The highest BCUT2D eigenvalue weighted by atomic mass is 35.5. The zero-order chi connectivity index (χ0) is 7.07. The van der Waals surface area contributed by atoms with Gasteiger partial charge in [0.25, 0.3) is 0 Å². The van der Waals surface area contributed by atoms with Crippen molar-refractivity contribution >= 4 is 21.4 Å². The van der Waals surface area contributed by atoms with E-state index in [0.717, 1.165) is 0 Å². The van der Waals surface area contributed by atoms with Gasteiger partial charge in [0.15, 0.2) is 9.84 Å². The molecule has 1 aliphatic rings. The lowest BCUT2D eigenvalue weighted by Crippen LogP contribution is -2.06. The highest BCUT2D eigenvalue weighted by Crippen LogP contribution is 2.22. The third-order valence-electron chi connectivity index (χ3n) is 1.55. The second-order valence-corrected chi connectivity index (χ2v) is 5.28. The van der Waals surface area contributed by atoms with Crippen molar-refractivity contribution in [3.8, 4) is 0 Å². The smallest absolute Gasteiger partial charge is 0.152 e. The van der Waals surface area contributed by atoms with Crippen LogP contribution in [-0.4, -0.2) is 25.3 Å². The summed E-state index contributed by atoms with van der Waals surface area (Å²) in [7, 11) is -2.78. The summed E-state index contributed by atoms with van der Waals surface area (Å²) < 4.78 is 21.5. The summed E-state index contributed by atoms with van der Waals surface area (Å²) in [5, 5.41) is -0.157. The van der Waals surface area contributed by atoms with E-state index in [0.29, 0.717) is 0 Å². The van der Waals surface area contributed by atoms with Crippen molar-refractivity contribution in [2.75, 3.05) is 11.5 Å². The molecule has 2 nitrogen and oxygen atoms in total. The second-order valence-electron chi connectivity index (χ2n) is 2.57. The minimum absolute atomic E-state index is 0.136. The van der Waals surface area contributed by atoms with Gasteiger partial charge in [-0.15, -0.1) is 11.6 Å². The summed E-state index contributed by atoms with van der Waals surface area (Å²) in [6.45, 7) is 1.86. The van der Waals surface area contributed by atoms with Gasteiger partial charge in [-0.05, 0) is 5.92 Å². The first-order valence-corrected chi connectivity index (χ1v) is 5.11. The van der Waals surface area contributed by atoms with Crippen LogP contribution in [0.15, 0.2) is 0 Å². The summed E-state index contributed by atoms with van der Waals surface area (Å²) >= 11 is 5.67. The molecule has 2 atom stereocenters. The maximum absolute atomic E-state index is 10.8. The molecule has 0 aromatic rings. The van der Waals surface area contributed by atoms with Gasteiger partial charge in [-0.3, -0.25) is 0 Å². The van der Waals surface area contributed by atoms with Crippen LogP contribution in [0, 0.1) is 5.92 Å². The Hall–Kier alpha value is 0.240. The van der Waals surface area contributed by atoms with E-state index in [-0.39, 0.29) is 22.8 Å². The van der Waals surface area contributed by atoms with E-state index in [1.807, 2.05) is 6.92 Å². The lowest BCUT2D eigenvalue weighted by atomic mass is 10.2. The van der Waals surface area contributed by atoms with Gasteiger partial charge in [0.2, 0.25) is 0 Å². The van der Waals surface area contributed by atoms with E-state index >= 15 is 0 Å². The predicted molar refractivity (Wildman–Crippen MR) is 37.5 cm³/mol. The number of rotatable bonds is 0. The average molecular weight is 169 g/mol. The lowest BCUT2D eigenvalue weighted by Gasteiger charge is -1.99. The van der Waals surface area contributed by atoms with Crippen LogP contribution in [0.2, 0.25) is 0 Å². The van der Waals surface area contributed by atoms with Gasteiger partial charge in [-0.1, -0.05) is 6.92 Å². The largest absolute Gasteiger partial charge is 0.229 e. The number of alkyl halides is 1. The Bertz CT molecular complexity index is 181. The molecule has 0 aliphatic carbocycles. The molecule has 0 N–H and O–H groups in total. The molecule has 1 heterocycles. The van der Waals surface area contributed by atoms with E-state index in [1.54, 1.807) is 0 Å². The van der Waals surface area contributed by atoms with Gasteiger partial charge in [0.1, 0.15) is 0 Å². The van der Waals surface area contributed by atoms with Gasteiger partial charge >= 0.3 is 0 Å². The third-order valence-corrected chi connectivity index (χ3v) is 4.22. The van der Waals surface area contributed by atoms with Crippen molar-refractivity contribution in [3.05, 3.63) is 0 Å². The molecule has 1 saturated heterocycles. The Kier molecular flexibility index (Phi) is 1.74. The van der Waals surface area contributed by atoms with E-state index in [9.17, 15) is 8.42 Å². The Morgan fingerprint density at radius 1 is 1.44 bits per heavy atom. The maximum Gasteiger partial charge on any atom is 0.152 e. The summed E-state index contributed by atoms with van der Waals surface area (Å²) in [5.74, 6) is 0.563. The number of sulfone groups is 1. The maximum atomic E-state index is 10.8. The van der Waals surface area contributed by atoms with Crippen molar-refractivity contribution in [1.29, 1.82) is 0 Å². The van der Waals surface area contributed by atoms with Gasteiger partial charge in [-0.2, -0.15) is 0 Å². The minimum Gasteiger partial charge on any atom is -0.229 e. The normalized spacial score (nSPS) is 41.1. The fourth-order valence-electron chi connectivity index (χ4n) is 0.980. The minimum atomic E-state index is -2.78. The van der Waals surface area contributed by atoms with Gasteiger partial charge < -0.3 is 0 Å². The van der Waals surface area contributed by atoms with Gasteiger partial charge in [0.05, 0.1) is 16.9 Å². The molecule has 1 rings (SSSR count). The third kappa shape index (κ3) is 1.58. The van der Waals surface area contributed by atoms with Crippen LogP contribution >= 0.6 is 11.6 Å². The highest BCUT2D eigenvalue weighted by molar-refractivity contribution is 7.91. The van der Waals surface area contributed by atoms with Crippen LogP contribution in [0.25, 0.3) is 0 Å². The Morgan fingerprint density at radius 2 is 2.00 bits per heavy atom. The Labute approximate surface area is 60.1 Å². The molecule has 0 spiro atoms. The second kappa shape index (κ2) is 2.13. The van der Waals surface area contributed by atoms with E-state index in [2.05, 4.69) is 0 Å². The van der Waals surface area contributed by atoms with Crippen LogP contribution in [0.4, 0.5) is 0 Å². The highest BCUT2D eigenvalue weighted by Gasteiger charge is 2.32. The number of hydrogen-bond donors (Lipinski definition) is 0. The van der Waals surface area contributed by atoms with Gasteiger partial charge in [-0.25, -0.2) is 8.42 Å². The monoisotopic (exact) mass is 168 g/mol. The number of hydrogen-bond acceptors (Lipinski definition) is 2. The van der Waals surface area contributed by atoms with Crippen LogP contribution < -0.4 is 0 Å². The van der Waals surface area contributed by atoms with Crippen molar-refractivity contribution < 1.29 is 8.42 Å². The molecule has 0 radical (unpaired) electrons. The van der Waals surface area contributed by atoms with E-state index < -0.39 is 9.84 Å². The first-order valence-electron chi connectivity index (χ1n) is 2.86. The van der Waals surface area contributed by atoms with Crippen LogP contribution in [-0.2, 0) is 9.84 Å². The molecule has 1 fully saturated rings. The first kappa shape index (κ1) is 7.35. The topological polar surface area (TPSA) is 34.1 Å². The Morgan fingerprint density at radius 3 is 2.11 bits per heavy atom. The molecule has 9 heavy (non-hydrogen) atoms. The molecule has 1 aliphatic heterocycles. The SMILES string of the molecule is CC1CS(=O)(=O)C[C@H]1Cl. The van der Waals surface area contributed by atoms with Crippen molar-refractivity contribution in [2.24, 2.45) is 5.92 Å². The van der Waals surface area contributed by atoms with E-state index in [4.69, 9.17) is 11.6 Å². The quantitative estimate of drug-likeness (QED) is 0.498.